The molecule has 5 nitrogen and oxygen atoms in total. The van der Waals surface area contributed by atoms with Crippen molar-refractivity contribution in [3.8, 4) is 57.9 Å². The SMILES string of the molecule is Cc1cc(C)cc(-c2c(C#N)c(-c3ccc(C#N)cc3)nc(-c3ccc(C#N)cc3)c2C#N)c1. The molecule has 0 saturated heterocycles. The Kier molecular flexibility index (Phi) is 5.88. The second kappa shape index (κ2) is 9.10. The van der Waals surface area contributed by atoms with Gasteiger partial charge in [-0.25, -0.2) is 4.98 Å². The van der Waals surface area contributed by atoms with Crippen molar-refractivity contribution in [2.75, 3.05) is 0 Å². The first kappa shape index (κ1) is 22.0. The van der Waals surface area contributed by atoms with Crippen LogP contribution in [0.1, 0.15) is 33.4 Å². The average molecular weight is 435 g/mol. The number of nitriles is 4. The number of aryl methyl sites for hydroxylation is 2. The maximum atomic E-state index is 10.2. The van der Waals surface area contributed by atoms with Crippen LogP contribution in [0.2, 0.25) is 0 Å². The van der Waals surface area contributed by atoms with Crippen LogP contribution in [-0.2, 0) is 0 Å². The molecule has 0 bridgehead atoms. The van der Waals surface area contributed by atoms with Crippen LogP contribution in [-0.4, -0.2) is 4.98 Å². The fraction of sp³-hybridized carbons (Fsp3) is 0.0690. The first-order valence-electron chi connectivity index (χ1n) is 10.5. The van der Waals surface area contributed by atoms with Gasteiger partial charge < -0.3 is 0 Å². The van der Waals surface area contributed by atoms with Gasteiger partial charge in [0.1, 0.15) is 12.1 Å². The Morgan fingerprint density at radius 1 is 0.529 bits per heavy atom. The molecule has 0 spiro atoms. The van der Waals surface area contributed by atoms with E-state index in [9.17, 15) is 21.0 Å². The van der Waals surface area contributed by atoms with Crippen molar-refractivity contribution in [3.63, 3.8) is 0 Å². The zero-order valence-electron chi connectivity index (χ0n) is 18.6. The molecule has 0 aliphatic carbocycles. The van der Waals surface area contributed by atoms with E-state index in [2.05, 4.69) is 24.3 Å². The Balaban J connectivity index is 2.13. The van der Waals surface area contributed by atoms with E-state index in [-0.39, 0.29) is 0 Å². The summed E-state index contributed by atoms with van der Waals surface area (Å²) in [5.41, 5.74) is 7.09. The molecule has 4 rings (SSSR count). The summed E-state index contributed by atoms with van der Waals surface area (Å²) in [6.45, 7) is 3.94. The fourth-order valence-electron chi connectivity index (χ4n) is 4.03. The number of hydrogen-bond acceptors (Lipinski definition) is 5. The van der Waals surface area contributed by atoms with E-state index in [1.807, 2.05) is 32.0 Å². The molecule has 0 fully saturated rings. The molecule has 0 saturated carbocycles. The van der Waals surface area contributed by atoms with Crippen LogP contribution in [0.4, 0.5) is 0 Å². The van der Waals surface area contributed by atoms with Gasteiger partial charge in [0, 0.05) is 16.7 Å². The number of hydrogen-bond donors (Lipinski definition) is 0. The van der Waals surface area contributed by atoms with Crippen LogP contribution in [0.5, 0.6) is 0 Å². The first-order chi connectivity index (χ1) is 16.5. The lowest BCUT2D eigenvalue weighted by atomic mass is 9.88. The lowest BCUT2D eigenvalue weighted by Crippen LogP contribution is -2.02. The highest BCUT2D eigenvalue weighted by Crippen LogP contribution is 2.39. The minimum Gasteiger partial charge on any atom is -0.245 e. The highest BCUT2D eigenvalue weighted by atomic mass is 14.7. The number of aromatic nitrogens is 1. The van der Waals surface area contributed by atoms with Crippen LogP contribution in [0.25, 0.3) is 33.6 Å². The molecule has 0 amide bonds. The molecule has 0 unspecified atom stereocenters. The van der Waals surface area contributed by atoms with E-state index in [4.69, 9.17) is 4.98 Å². The van der Waals surface area contributed by atoms with Gasteiger partial charge in [-0.05, 0) is 43.7 Å². The predicted octanol–water partition coefficient (Wildman–Crippen LogP) is 6.19. The van der Waals surface area contributed by atoms with Crippen molar-refractivity contribution in [1.82, 2.24) is 4.98 Å². The Morgan fingerprint density at radius 3 is 1.29 bits per heavy atom. The number of benzene rings is 3. The van der Waals surface area contributed by atoms with E-state index in [0.29, 0.717) is 50.3 Å². The van der Waals surface area contributed by atoms with Crippen molar-refractivity contribution in [2.24, 2.45) is 0 Å². The third-order valence-corrected chi connectivity index (χ3v) is 5.51. The highest BCUT2D eigenvalue weighted by molar-refractivity contribution is 5.89. The zero-order valence-corrected chi connectivity index (χ0v) is 18.6. The van der Waals surface area contributed by atoms with Crippen LogP contribution in [0.15, 0.2) is 66.7 Å². The van der Waals surface area contributed by atoms with Gasteiger partial charge in [-0.15, -0.1) is 0 Å². The summed E-state index contributed by atoms with van der Waals surface area (Å²) in [7, 11) is 0. The molecule has 0 aliphatic heterocycles. The Labute approximate surface area is 198 Å². The fourth-order valence-corrected chi connectivity index (χ4v) is 4.03. The van der Waals surface area contributed by atoms with Crippen molar-refractivity contribution in [1.29, 1.82) is 21.0 Å². The third-order valence-electron chi connectivity index (χ3n) is 5.51. The van der Waals surface area contributed by atoms with Gasteiger partial charge in [0.2, 0.25) is 0 Å². The van der Waals surface area contributed by atoms with E-state index >= 15 is 0 Å². The lowest BCUT2D eigenvalue weighted by Gasteiger charge is -2.17. The Morgan fingerprint density at radius 2 is 0.941 bits per heavy atom. The second-order valence-electron chi connectivity index (χ2n) is 7.91. The Hall–Kier alpha value is -5.23. The molecule has 3 aromatic carbocycles. The quantitative estimate of drug-likeness (QED) is 0.381. The molecule has 1 heterocycles. The standard InChI is InChI=1S/C29H17N5/c1-18-11-19(2)13-24(12-18)27-25(16-32)28(22-7-3-20(14-30)4-8-22)34-29(26(27)17-33)23-9-5-21(15-31)6-10-23/h3-13H,1-2H3. The molecule has 0 N–H and O–H groups in total. The summed E-state index contributed by atoms with van der Waals surface area (Å²) in [4.78, 5) is 4.79. The molecule has 5 heteroatoms. The topological polar surface area (TPSA) is 108 Å². The van der Waals surface area contributed by atoms with Gasteiger partial charge >= 0.3 is 0 Å². The maximum Gasteiger partial charge on any atom is 0.102 e. The maximum absolute atomic E-state index is 10.2. The average Bonchev–Trinajstić information content (AvgIpc) is 2.86. The zero-order chi connectivity index (χ0) is 24.2. The highest BCUT2D eigenvalue weighted by Gasteiger charge is 2.23. The number of pyridine rings is 1. The van der Waals surface area contributed by atoms with Crippen LogP contribution in [0, 0.1) is 59.2 Å². The van der Waals surface area contributed by atoms with Crippen LogP contribution >= 0.6 is 0 Å². The van der Waals surface area contributed by atoms with E-state index in [1.165, 1.54) is 0 Å². The third kappa shape index (κ3) is 3.99. The second-order valence-corrected chi connectivity index (χ2v) is 7.91. The van der Waals surface area contributed by atoms with Crippen molar-refractivity contribution >= 4 is 0 Å². The summed E-state index contributed by atoms with van der Waals surface area (Å²) in [6, 6.07) is 28.4. The van der Waals surface area contributed by atoms with E-state index < -0.39 is 0 Å². The minimum atomic E-state index is 0.295. The molecule has 34 heavy (non-hydrogen) atoms. The summed E-state index contributed by atoms with van der Waals surface area (Å²) < 4.78 is 0. The first-order valence-corrected chi connectivity index (χ1v) is 10.5. The molecule has 158 valence electrons. The molecule has 0 radical (unpaired) electrons. The van der Waals surface area contributed by atoms with Crippen LogP contribution < -0.4 is 0 Å². The largest absolute Gasteiger partial charge is 0.245 e. The molecule has 4 aromatic rings. The number of rotatable bonds is 3. The van der Waals surface area contributed by atoms with Crippen molar-refractivity contribution in [2.45, 2.75) is 13.8 Å². The van der Waals surface area contributed by atoms with Gasteiger partial charge in [-0.3, -0.25) is 0 Å². The predicted molar refractivity (Wildman–Crippen MR) is 129 cm³/mol. The summed E-state index contributed by atoms with van der Waals surface area (Å²) in [5, 5.41) is 38.8. The van der Waals surface area contributed by atoms with Gasteiger partial charge in [-0.1, -0.05) is 53.6 Å². The Bertz CT molecular complexity index is 1470. The van der Waals surface area contributed by atoms with Gasteiger partial charge in [0.05, 0.1) is 45.8 Å². The summed E-state index contributed by atoms with van der Waals surface area (Å²) in [6.07, 6.45) is 0. The number of nitrogens with zero attached hydrogens (tertiary/aromatic N) is 5. The van der Waals surface area contributed by atoms with Gasteiger partial charge in [-0.2, -0.15) is 21.0 Å². The molecule has 0 aliphatic rings. The van der Waals surface area contributed by atoms with Crippen LogP contribution in [0.3, 0.4) is 0 Å². The summed E-state index contributed by atoms with van der Waals surface area (Å²) >= 11 is 0. The minimum absolute atomic E-state index is 0.295. The normalized spacial score (nSPS) is 9.94. The smallest absolute Gasteiger partial charge is 0.102 e. The van der Waals surface area contributed by atoms with Crippen molar-refractivity contribution < 1.29 is 0 Å². The molecular formula is C29H17N5. The van der Waals surface area contributed by atoms with Gasteiger partial charge in [0.25, 0.3) is 0 Å². The molecule has 1 aromatic heterocycles. The van der Waals surface area contributed by atoms with E-state index in [1.54, 1.807) is 48.5 Å². The van der Waals surface area contributed by atoms with Crippen molar-refractivity contribution in [3.05, 3.63) is 100 Å². The lowest BCUT2D eigenvalue weighted by molar-refractivity contribution is 1.27. The molecular weight excluding hydrogens is 418 g/mol. The molecule has 0 atom stereocenters. The monoisotopic (exact) mass is 435 g/mol. The summed E-state index contributed by atoms with van der Waals surface area (Å²) in [5.74, 6) is 0. The van der Waals surface area contributed by atoms with Gasteiger partial charge in [0.15, 0.2) is 0 Å². The van der Waals surface area contributed by atoms with E-state index in [0.717, 1.165) is 16.7 Å².